The fraction of sp³-hybridized carbons (Fsp3) is 0.333. The lowest BCUT2D eigenvalue weighted by molar-refractivity contribution is -0.124. The number of methoxy groups -OCH3 is 1. The van der Waals surface area contributed by atoms with Gasteiger partial charge in [0, 0.05) is 17.7 Å². The summed E-state index contributed by atoms with van der Waals surface area (Å²) in [6.45, 7) is 0.626. The van der Waals surface area contributed by atoms with Crippen LogP contribution in [0.2, 0.25) is 0 Å². The van der Waals surface area contributed by atoms with Crippen LogP contribution in [0, 0.1) is 5.92 Å². The fourth-order valence-corrected chi connectivity index (χ4v) is 2.66. The zero-order valence-electron chi connectivity index (χ0n) is 16.4. The number of hydrogen-bond donors (Lipinski definition) is 2. The third-order valence-corrected chi connectivity index (χ3v) is 4.23. The van der Waals surface area contributed by atoms with Gasteiger partial charge in [-0.3, -0.25) is 9.59 Å². The van der Waals surface area contributed by atoms with Gasteiger partial charge < -0.3 is 20.1 Å². The maximum atomic E-state index is 12.6. The Morgan fingerprint density at radius 2 is 1.69 bits per heavy atom. The number of amides is 2. The predicted molar refractivity (Wildman–Crippen MR) is 104 cm³/mol. The second-order valence-corrected chi connectivity index (χ2v) is 6.63. The topological polar surface area (TPSA) is 76.7 Å². The summed E-state index contributed by atoms with van der Waals surface area (Å²) in [6, 6.07) is 11.9. The van der Waals surface area contributed by atoms with Crippen LogP contribution in [0.4, 0.5) is 8.78 Å². The number of carbonyl (C=O) groups is 2. The molecule has 0 saturated heterocycles. The van der Waals surface area contributed by atoms with Crippen molar-refractivity contribution in [3.63, 3.8) is 0 Å². The Bertz CT molecular complexity index is 826. The highest BCUT2D eigenvalue weighted by Gasteiger charge is 2.25. The summed E-state index contributed by atoms with van der Waals surface area (Å²) >= 11 is 0. The molecule has 0 saturated carbocycles. The Morgan fingerprint density at radius 3 is 2.28 bits per heavy atom. The number of para-hydroxylation sites is 1. The molecule has 0 heterocycles. The molecule has 1 atom stereocenters. The lowest BCUT2D eigenvalue weighted by Crippen LogP contribution is -2.49. The minimum atomic E-state index is -2.96. The van der Waals surface area contributed by atoms with Crippen LogP contribution >= 0.6 is 0 Å². The highest BCUT2D eigenvalue weighted by atomic mass is 19.3. The van der Waals surface area contributed by atoms with Crippen molar-refractivity contribution in [1.29, 1.82) is 0 Å². The highest BCUT2D eigenvalue weighted by molar-refractivity contribution is 5.97. The third-order valence-electron chi connectivity index (χ3n) is 4.23. The number of carbonyl (C=O) groups excluding carboxylic acids is 2. The third kappa shape index (κ3) is 6.44. The first-order valence-corrected chi connectivity index (χ1v) is 9.07. The lowest BCUT2D eigenvalue weighted by Gasteiger charge is -2.22. The van der Waals surface area contributed by atoms with E-state index in [1.54, 1.807) is 56.3 Å². The van der Waals surface area contributed by atoms with Gasteiger partial charge in [0.15, 0.2) is 0 Å². The van der Waals surface area contributed by atoms with Crippen molar-refractivity contribution >= 4 is 11.8 Å². The van der Waals surface area contributed by atoms with Gasteiger partial charge in [0.05, 0.1) is 7.11 Å². The Labute approximate surface area is 168 Å². The van der Waals surface area contributed by atoms with Crippen LogP contribution < -0.4 is 20.1 Å². The maximum Gasteiger partial charge on any atom is 0.387 e. The minimum absolute atomic E-state index is 0.00818. The zero-order valence-corrected chi connectivity index (χ0v) is 16.4. The first-order valence-electron chi connectivity index (χ1n) is 9.07. The van der Waals surface area contributed by atoms with Crippen LogP contribution in [0.25, 0.3) is 0 Å². The Hall–Kier alpha value is -3.16. The van der Waals surface area contributed by atoms with Crippen molar-refractivity contribution in [2.24, 2.45) is 5.92 Å². The van der Waals surface area contributed by atoms with Crippen LogP contribution in [0.1, 0.15) is 29.8 Å². The molecular formula is C21H24F2N2O4. The number of alkyl halides is 2. The molecule has 0 aliphatic heterocycles. The molecule has 2 N–H and O–H groups in total. The van der Waals surface area contributed by atoms with Gasteiger partial charge in [-0.05, 0) is 36.2 Å². The second-order valence-electron chi connectivity index (χ2n) is 6.63. The Kier molecular flexibility index (Phi) is 7.94. The molecule has 2 amide bonds. The van der Waals surface area contributed by atoms with Gasteiger partial charge in [0.1, 0.15) is 17.5 Å². The fourth-order valence-electron chi connectivity index (χ4n) is 2.66. The largest absolute Gasteiger partial charge is 0.497 e. The summed E-state index contributed by atoms with van der Waals surface area (Å²) in [7, 11) is 1.53. The van der Waals surface area contributed by atoms with E-state index in [1.165, 1.54) is 13.2 Å². The van der Waals surface area contributed by atoms with Crippen molar-refractivity contribution in [3.8, 4) is 11.5 Å². The summed E-state index contributed by atoms with van der Waals surface area (Å²) in [4.78, 5) is 25.1. The summed E-state index contributed by atoms with van der Waals surface area (Å²) < 4.78 is 34.6. The van der Waals surface area contributed by atoms with E-state index >= 15 is 0 Å². The van der Waals surface area contributed by atoms with Crippen LogP contribution in [0.15, 0.2) is 48.5 Å². The van der Waals surface area contributed by atoms with E-state index in [2.05, 4.69) is 15.4 Å². The van der Waals surface area contributed by atoms with Crippen molar-refractivity contribution in [3.05, 3.63) is 59.7 Å². The number of halogens is 2. The molecule has 1 unspecified atom stereocenters. The van der Waals surface area contributed by atoms with Gasteiger partial charge in [-0.1, -0.05) is 32.0 Å². The molecule has 29 heavy (non-hydrogen) atoms. The second kappa shape index (κ2) is 10.4. The molecule has 2 aromatic carbocycles. The lowest BCUT2D eigenvalue weighted by atomic mass is 10.0. The number of hydrogen-bond acceptors (Lipinski definition) is 4. The van der Waals surface area contributed by atoms with E-state index in [0.29, 0.717) is 16.9 Å². The number of nitrogens with one attached hydrogen (secondary N) is 2. The van der Waals surface area contributed by atoms with Gasteiger partial charge in [-0.25, -0.2) is 0 Å². The van der Waals surface area contributed by atoms with Gasteiger partial charge in [0.2, 0.25) is 5.91 Å². The van der Waals surface area contributed by atoms with Crippen LogP contribution in [-0.4, -0.2) is 31.6 Å². The van der Waals surface area contributed by atoms with E-state index in [4.69, 9.17) is 4.74 Å². The number of rotatable bonds is 9. The van der Waals surface area contributed by atoms with Gasteiger partial charge in [-0.15, -0.1) is 0 Å². The minimum Gasteiger partial charge on any atom is -0.497 e. The van der Waals surface area contributed by atoms with Crippen LogP contribution in [-0.2, 0) is 11.3 Å². The molecule has 0 aromatic heterocycles. The molecule has 8 heteroatoms. The molecule has 0 spiro atoms. The van der Waals surface area contributed by atoms with E-state index in [9.17, 15) is 18.4 Å². The summed E-state index contributed by atoms with van der Waals surface area (Å²) in [5.41, 5.74) is 0.796. The molecule has 0 radical (unpaired) electrons. The van der Waals surface area contributed by atoms with Gasteiger partial charge in [-0.2, -0.15) is 8.78 Å². The van der Waals surface area contributed by atoms with Gasteiger partial charge >= 0.3 is 6.61 Å². The smallest absolute Gasteiger partial charge is 0.387 e. The first kappa shape index (κ1) is 22.1. The van der Waals surface area contributed by atoms with Crippen molar-refractivity contribution < 1.29 is 27.8 Å². The Balaban J connectivity index is 2.03. The quantitative estimate of drug-likeness (QED) is 0.670. The summed E-state index contributed by atoms with van der Waals surface area (Å²) in [5.74, 6) is -0.406. The van der Waals surface area contributed by atoms with Crippen molar-refractivity contribution in [1.82, 2.24) is 10.6 Å². The summed E-state index contributed by atoms with van der Waals surface area (Å²) in [5, 5.41) is 5.38. The SMILES string of the molecule is COc1ccc(C(=O)NC(C(=O)NCc2ccccc2OC(F)F)C(C)C)cc1. The van der Waals surface area contributed by atoms with Crippen molar-refractivity contribution in [2.75, 3.05) is 7.11 Å². The average Bonchev–Trinajstić information content (AvgIpc) is 2.70. The van der Waals surface area contributed by atoms with Crippen LogP contribution in [0.3, 0.4) is 0 Å². The van der Waals surface area contributed by atoms with Crippen molar-refractivity contribution in [2.45, 2.75) is 33.0 Å². The average molecular weight is 406 g/mol. The molecule has 0 bridgehead atoms. The normalized spacial score (nSPS) is 11.8. The van der Waals surface area contributed by atoms with Crippen LogP contribution in [0.5, 0.6) is 11.5 Å². The molecule has 2 aromatic rings. The molecule has 156 valence electrons. The Morgan fingerprint density at radius 1 is 1.03 bits per heavy atom. The maximum absolute atomic E-state index is 12.6. The summed E-state index contributed by atoms with van der Waals surface area (Å²) in [6.07, 6.45) is 0. The monoisotopic (exact) mass is 406 g/mol. The molecule has 6 nitrogen and oxygen atoms in total. The molecule has 0 fully saturated rings. The van der Waals surface area contributed by atoms with Gasteiger partial charge in [0.25, 0.3) is 5.91 Å². The zero-order chi connectivity index (χ0) is 21.4. The van der Waals surface area contributed by atoms with E-state index < -0.39 is 24.5 Å². The highest BCUT2D eigenvalue weighted by Crippen LogP contribution is 2.20. The molecule has 2 rings (SSSR count). The first-order chi connectivity index (χ1) is 13.8. The number of benzene rings is 2. The van der Waals surface area contributed by atoms with E-state index in [-0.39, 0.29) is 18.2 Å². The molecular weight excluding hydrogens is 382 g/mol. The number of ether oxygens (including phenoxy) is 2. The predicted octanol–water partition coefficient (Wildman–Crippen LogP) is 3.37. The molecule has 0 aliphatic rings. The molecule has 0 aliphatic carbocycles. The van der Waals surface area contributed by atoms with E-state index in [1.807, 2.05) is 0 Å². The van der Waals surface area contributed by atoms with E-state index in [0.717, 1.165) is 0 Å². The standard InChI is InChI=1S/C21H24F2N2O4/c1-13(2)18(25-19(26)14-8-10-16(28-3)11-9-14)20(27)24-12-15-6-4-5-7-17(15)29-21(22)23/h4-11,13,18,21H,12H2,1-3H3,(H,24,27)(H,25,26).